The van der Waals surface area contributed by atoms with Gasteiger partial charge in [0.2, 0.25) is 5.91 Å². The fourth-order valence-corrected chi connectivity index (χ4v) is 3.94. The number of nitrogens with one attached hydrogen (secondary N) is 1. The molecular weight excluding hydrogens is 413 g/mol. The highest BCUT2D eigenvalue weighted by Gasteiger charge is 2.31. The van der Waals surface area contributed by atoms with Gasteiger partial charge in [-0.05, 0) is 36.8 Å². The van der Waals surface area contributed by atoms with Crippen LogP contribution in [0, 0.1) is 11.7 Å². The molecular formula is C24H26FN3O4. The van der Waals surface area contributed by atoms with E-state index in [2.05, 4.69) is 10.4 Å². The number of amides is 1. The molecule has 1 aliphatic carbocycles. The smallest absolute Gasteiger partial charge is 0.267 e. The van der Waals surface area contributed by atoms with Crippen molar-refractivity contribution in [3.05, 3.63) is 87.5 Å². The largest absolute Gasteiger partial charge is 0.494 e. The van der Waals surface area contributed by atoms with Crippen LogP contribution in [0.3, 0.4) is 0 Å². The number of rotatable bonds is 5. The van der Waals surface area contributed by atoms with Gasteiger partial charge in [-0.3, -0.25) is 9.59 Å². The Labute approximate surface area is 185 Å². The number of ether oxygens (including phenoxy) is 2. The van der Waals surface area contributed by atoms with Gasteiger partial charge in [0.1, 0.15) is 18.1 Å². The van der Waals surface area contributed by atoms with Gasteiger partial charge in [-0.1, -0.05) is 25.1 Å². The molecule has 2 aliphatic rings. The molecule has 2 aromatic rings. The highest BCUT2D eigenvalue weighted by atomic mass is 19.1. The number of hydrogen-bond acceptors (Lipinski definition) is 5. The molecule has 0 saturated carbocycles. The maximum atomic E-state index is 13.1. The molecule has 0 saturated heterocycles. The van der Waals surface area contributed by atoms with Crippen molar-refractivity contribution in [2.75, 3.05) is 13.2 Å². The lowest BCUT2D eigenvalue weighted by atomic mass is 9.85. The lowest BCUT2D eigenvalue weighted by Crippen LogP contribution is -2.35. The molecule has 7 nitrogen and oxygen atoms in total. The lowest BCUT2D eigenvalue weighted by molar-refractivity contribution is -0.122. The van der Waals surface area contributed by atoms with Crippen molar-refractivity contribution in [2.24, 2.45) is 5.92 Å². The van der Waals surface area contributed by atoms with Crippen LogP contribution in [0.5, 0.6) is 0 Å². The Balaban J connectivity index is 1.47. The van der Waals surface area contributed by atoms with Gasteiger partial charge in [0.05, 0.1) is 24.9 Å². The first-order chi connectivity index (χ1) is 15.4. The molecule has 0 radical (unpaired) electrons. The molecule has 4 rings (SSSR count). The molecule has 1 amide bonds. The van der Waals surface area contributed by atoms with Gasteiger partial charge >= 0.3 is 0 Å². The first kappa shape index (κ1) is 21.8. The standard InChI is InChI=1S/C24H26FN3O4/c1-15-19(8-10-21-24(15)32-13-3-12-31-21)20-9-11-23(30)28(27-20)14-22(29)26-16(2)17-4-6-18(25)7-5-17/h4-11,15-16,19H,3,12-14H2,1-2H3,(H,26,29)/t15?,16-,19?/m1/s1. The first-order valence-corrected chi connectivity index (χ1v) is 10.7. The average molecular weight is 439 g/mol. The highest BCUT2D eigenvalue weighted by molar-refractivity contribution is 5.76. The van der Waals surface area contributed by atoms with Crippen molar-refractivity contribution in [3.8, 4) is 0 Å². The minimum Gasteiger partial charge on any atom is -0.494 e. The summed E-state index contributed by atoms with van der Waals surface area (Å²) in [6.45, 7) is 4.84. The van der Waals surface area contributed by atoms with Crippen LogP contribution in [-0.4, -0.2) is 28.9 Å². The number of halogens is 1. The van der Waals surface area contributed by atoms with Crippen molar-refractivity contribution < 1.29 is 18.7 Å². The van der Waals surface area contributed by atoms with Crippen molar-refractivity contribution in [1.29, 1.82) is 0 Å². The number of aromatic nitrogens is 2. The molecule has 0 bridgehead atoms. The molecule has 1 N–H and O–H groups in total. The Morgan fingerprint density at radius 3 is 2.75 bits per heavy atom. The second-order valence-corrected chi connectivity index (χ2v) is 8.05. The SMILES string of the molecule is CC1C2=C(C=CC1c1ccc(=O)n(CC(=O)N[C@H](C)c3ccc(F)cc3)n1)OCCCO2. The van der Waals surface area contributed by atoms with Gasteiger partial charge in [0.25, 0.3) is 5.56 Å². The van der Waals surface area contributed by atoms with Crippen molar-refractivity contribution >= 4 is 5.91 Å². The van der Waals surface area contributed by atoms with Gasteiger partial charge in [-0.25, -0.2) is 9.07 Å². The summed E-state index contributed by atoms with van der Waals surface area (Å²) in [4.78, 5) is 24.9. The molecule has 1 aromatic carbocycles. The van der Waals surface area contributed by atoms with Crippen molar-refractivity contribution in [3.63, 3.8) is 0 Å². The van der Waals surface area contributed by atoms with E-state index in [0.717, 1.165) is 28.2 Å². The monoisotopic (exact) mass is 439 g/mol. The van der Waals surface area contributed by atoms with Gasteiger partial charge in [-0.15, -0.1) is 0 Å². The average Bonchev–Trinajstić information content (AvgIpc) is 3.02. The summed E-state index contributed by atoms with van der Waals surface area (Å²) in [7, 11) is 0. The van der Waals surface area contributed by atoms with Crippen LogP contribution in [-0.2, 0) is 20.8 Å². The normalized spacial score (nSPS) is 21.1. The minimum absolute atomic E-state index is 0.0149. The van der Waals surface area contributed by atoms with Crippen LogP contribution in [0.15, 0.2) is 64.9 Å². The number of benzene rings is 1. The Kier molecular flexibility index (Phi) is 6.39. The van der Waals surface area contributed by atoms with Crippen molar-refractivity contribution in [2.45, 2.75) is 38.8 Å². The second kappa shape index (κ2) is 9.38. The van der Waals surface area contributed by atoms with Gasteiger partial charge < -0.3 is 14.8 Å². The third-order valence-corrected chi connectivity index (χ3v) is 5.72. The molecule has 0 fully saturated rings. The van der Waals surface area contributed by atoms with E-state index < -0.39 is 0 Å². The Hall–Kier alpha value is -3.42. The number of carbonyl (C=O) groups excluding carboxylic acids is 1. The maximum Gasteiger partial charge on any atom is 0.267 e. The second-order valence-electron chi connectivity index (χ2n) is 8.05. The summed E-state index contributed by atoms with van der Waals surface area (Å²) in [6.07, 6.45) is 4.71. The predicted molar refractivity (Wildman–Crippen MR) is 116 cm³/mol. The van der Waals surface area contributed by atoms with E-state index in [0.29, 0.717) is 18.9 Å². The van der Waals surface area contributed by atoms with Crippen LogP contribution in [0.25, 0.3) is 0 Å². The summed E-state index contributed by atoms with van der Waals surface area (Å²) in [6, 6.07) is 8.70. The summed E-state index contributed by atoms with van der Waals surface area (Å²) in [5, 5.41) is 7.29. The van der Waals surface area contributed by atoms with E-state index in [9.17, 15) is 14.0 Å². The zero-order chi connectivity index (χ0) is 22.7. The van der Waals surface area contributed by atoms with Gasteiger partial charge in [0.15, 0.2) is 5.76 Å². The molecule has 3 atom stereocenters. The Bertz CT molecular complexity index is 1110. The van der Waals surface area contributed by atoms with E-state index >= 15 is 0 Å². The fourth-order valence-electron chi connectivity index (χ4n) is 3.94. The molecule has 0 spiro atoms. The number of allylic oxidation sites excluding steroid dienone is 3. The van der Waals surface area contributed by atoms with Gasteiger partial charge in [-0.2, -0.15) is 5.10 Å². The Morgan fingerprint density at radius 2 is 1.97 bits per heavy atom. The molecule has 168 valence electrons. The first-order valence-electron chi connectivity index (χ1n) is 10.7. The van der Waals surface area contributed by atoms with Gasteiger partial charge in [0, 0.05) is 24.3 Å². The van der Waals surface area contributed by atoms with Crippen LogP contribution in [0.2, 0.25) is 0 Å². The minimum atomic E-state index is -0.361. The quantitative estimate of drug-likeness (QED) is 0.774. The lowest BCUT2D eigenvalue weighted by Gasteiger charge is -2.27. The van der Waals surface area contributed by atoms with E-state index in [1.54, 1.807) is 25.1 Å². The third kappa shape index (κ3) is 4.74. The summed E-state index contributed by atoms with van der Waals surface area (Å²) >= 11 is 0. The highest BCUT2D eigenvalue weighted by Crippen LogP contribution is 2.37. The number of nitrogens with zero attached hydrogens (tertiary/aromatic N) is 2. The maximum absolute atomic E-state index is 13.1. The van der Waals surface area contributed by atoms with Crippen LogP contribution in [0.1, 0.15) is 43.5 Å². The molecule has 1 aromatic heterocycles. The van der Waals surface area contributed by atoms with Crippen LogP contribution >= 0.6 is 0 Å². The van der Waals surface area contributed by atoms with Crippen LogP contribution in [0.4, 0.5) is 4.39 Å². The molecule has 8 heteroatoms. The summed E-state index contributed by atoms with van der Waals surface area (Å²) in [5.74, 6) is 0.720. The summed E-state index contributed by atoms with van der Waals surface area (Å²) < 4.78 is 25.9. The molecule has 1 aliphatic heterocycles. The third-order valence-electron chi connectivity index (χ3n) is 5.72. The zero-order valence-electron chi connectivity index (χ0n) is 18.1. The fraction of sp³-hybridized carbons (Fsp3) is 0.375. The Morgan fingerprint density at radius 1 is 1.22 bits per heavy atom. The topological polar surface area (TPSA) is 82.5 Å². The number of carbonyl (C=O) groups is 1. The zero-order valence-corrected chi connectivity index (χ0v) is 18.1. The number of hydrogen-bond donors (Lipinski definition) is 1. The molecule has 2 heterocycles. The van der Waals surface area contributed by atoms with E-state index in [1.165, 1.54) is 18.2 Å². The molecule has 2 unspecified atom stereocenters. The van der Waals surface area contributed by atoms with Crippen LogP contribution < -0.4 is 10.9 Å². The molecule has 32 heavy (non-hydrogen) atoms. The predicted octanol–water partition coefficient (Wildman–Crippen LogP) is 3.20. The summed E-state index contributed by atoms with van der Waals surface area (Å²) in [5.41, 5.74) is 1.08. The van der Waals surface area contributed by atoms with Crippen molar-refractivity contribution in [1.82, 2.24) is 15.1 Å². The van der Waals surface area contributed by atoms with E-state index in [-0.39, 0.29) is 41.7 Å². The van der Waals surface area contributed by atoms with E-state index in [4.69, 9.17) is 9.47 Å². The van der Waals surface area contributed by atoms with E-state index in [1.807, 2.05) is 19.1 Å².